The van der Waals surface area contributed by atoms with E-state index in [9.17, 15) is 14.9 Å². The maximum atomic E-state index is 12.5. The lowest BCUT2D eigenvalue weighted by molar-refractivity contribution is -0.384. The van der Waals surface area contributed by atoms with Crippen molar-refractivity contribution < 1.29 is 14.5 Å². The Balaban J connectivity index is 2.23. The molecule has 1 aromatic carbocycles. The van der Waals surface area contributed by atoms with Crippen LogP contribution in [-0.4, -0.2) is 16.5 Å². The van der Waals surface area contributed by atoms with Gasteiger partial charge in [0.1, 0.15) is 5.60 Å². The van der Waals surface area contributed by atoms with E-state index in [1.54, 1.807) is 0 Å². The first-order valence-electron chi connectivity index (χ1n) is 7.76. The third kappa shape index (κ3) is 2.98. The van der Waals surface area contributed by atoms with Gasteiger partial charge < -0.3 is 4.74 Å². The van der Waals surface area contributed by atoms with Gasteiger partial charge in [0, 0.05) is 12.1 Å². The van der Waals surface area contributed by atoms with Crippen LogP contribution in [0.1, 0.15) is 50.9 Å². The number of rotatable bonds is 6. The van der Waals surface area contributed by atoms with Gasteiger partial charge in [0.25, 0.3) is 5.69 Å². The van der Waals surface area contributed by atoms with E-state index >= 15 is 0 Å². The molecule has 0 unspecified atom stereocenters. The van der Waals surface area contributed by atoms with Gasteiger partial charge in [0.05, 0.1) is 10.5 Å². The van der Waals surface area contributed by atoms with Crippen molar-refractivity contribution in [1.82, 2.24) is 0 Å². The normalized spacial score (nSPS) is 15.2. The highest BCUT2D eigenvalue weighted by molar-refractivity contribution is 5.90. The number of hydrogen-bond acceptors (Lipinski definition) is 4. The van der Waals surface area contributed by atoms with E-state index in [4.69, 9.17) is 4.74 Å². The summed E-state index contributed by atoms with van der Waals surface area (Å²) in [6.45, 7) is 8.34. The summed E-state index contributed by atoms with van der Waals surface area (Å²) in [4.78, 5) is 22.7. The molecule has 0 amide bonds. The summed E-state index contributed by atoms with van der Waals surface area (Å²) in [5.74, 6) is 0.461. The maximum absolute atomic E-state index is 12.5. The van der Waals surface area contributed by atoms with E-state index in [1.807, 2.05) is 0 Å². The van der Waals surface area contributed by atoms with Gasteiger partial charge in [0.15, 0.2) is 0 Å². The van der Waals surface area contributed by atoms with Crippen molar-refractivity contribution >= 4 is 11.7 Å². The van der Waals surface area contributed by atoms with Crippen molar-refractivity contribution in [2.45, 2.75) is 46.1 Å². The molecule has 5 nitrogen and oxygen atoms in total. The lowest BCUT2D eigenvalue weighted by atomic mass is 9.76. The van der Waals surface area contributed by atoms with Crippen LogP contribution in [0.15, 0.2) is 24.3 Å². The molecule has 1 aliphatic rings. The highest BCUT2D eigenvalue weighted by atomic mass is 16.6. The average Bonchev–Trinajstić information content (AvgIpc) is 3.28. The predicted octanol–water partition coefficient (Wildman–Crippen LogP) is 4.21. The molecule has 0 N–H and O–H groups in total. The van der Waals surface area contributed by atoms with Crippen LogP contribution >= 0.6 is 0 Å². The van der Waals surface area contributed by atoms with Crippen LogP contribution in [0.3, 0.4) is 0 Å². The fraction of sp³-hybridized carbons (Fsp3) is 0.588. The number of nitro groups is 1. The molecule has 0 aliphatic heterocycles. The Kier molecular flexibility index (Phi) is 4.54. The van der Waals surface area contributed by atoms with Crippen LogP contribution in [0.5, 0.6) is 0 Å². The Morgan fingerprint density at radius 3 is 2.05 bits per heavy atom. The highest BCUT2D eigenvalue weighted by Gasteiger charge is 2.52. The van der Waals surface area contributed by atoms with E-state index in [0.29, 0.717) is 11.5 Å². The van der Waals surface area contributed by atoms with Gasteiger partial charge in [-0.3, -0.25) is 10.1 Å². The van der Waals surface area contributed by atoms with E-state index in [0.717, 1.165) is 12.8 Å². The van der Waals surface area contributed by atoms with Crippen LogP contribution in [0.25, 0.3) is 0 Å². The van der Waals surface area contributed by atoms with Gasteiger partial charge in [0.2, 0.25) is 0 Å². The third-order valence-corrected chi connectivity index (χ3v) is 4.60. The molecule has 0 bridgehead atoms. The molecular weight excluding hydrogens is 282 g/mol. The molecule has 0 aromatic heterocycles. The molecule has 5 heteroatoms. The number of ether oxygens (including phenoxy) is 1. The lowest BCUT2D eigenvalue weighted by Gasteiger charge is -2.41. The molecule has 120 valence electrons. The lowest BCUT2D eigenvalue weighted by Crippen LogP contribution is -2.47. The van der Waals surface area contributed by atoms with Crippen molar-refractivity contribution in [3.63, 3.8) is 0 Å². The van der Waals surface area contributed by atoms with Crippen molar-refractivity contribution in [3.8, 4) is 0 Å². The Labute approximate surface area is 130 Å². The maximum Gasteiger partial charge on any atom is 0.338 e. The fourth-order valence-corrected chi connectivity index (χ4v) is 3.40. The number of nitrogens with zero attached hydrogens (tertiary/aromatic N) is 1. The zero-order valence-electron chi connectivity index (χ0n) is 13.5. The minimum absolute atomic E-state index is 0.0299. The molecule has 2 rings (SSSR count). The SMILES string of the molecule is CC(C)C(OC(=O)c1ccc([N+](=O)[O-])cc1)(C(C)C)C1CC1. The van der Waals surface area contributed by atoms with Crippen LogP contribution in [0, 0.1) is 27.9 Å². The number of hydrogen-bond donors (Lipinski definition) is 0. The van der Waals surface area contributed by atoms with Gasteiger partial charge in [-0.15, -0.1) is 0 Å². The molecule has 1 fully saturated rings. The summed E-state index contributed by atoms with van der Waals surface area (Å²) in [6.07, 6.45) is 2.17. The molecule has 0 saturated heterocycles. The number of carbonyl (C=O) groups excluding carboxylic acids is 1. The number of nitro benzene ring substituents is 1. The van der Waals surface area contributed by atoms with Crippen molar-refractivity contribution in [2.24, 2.45) is 17.8 Å². The largest absolute Gasteiger partial charge is 0.455 e. The zero-order valence-corrected chi connectivity index (χ0v) is 13.5. The summed E-state index contributed by atoms with van der Waals surface area (Å²) < 4.78 is 5.96. The topological polar surface area (TPSA) is 69.4 Å². The van der Waals surface area contributed by atoms with Crippen LogP contribution in [0.2, 0.25) is 0 Å². The third-order valence-electron chi connectivity index (χ3n) is 4.60. The number of esters is 1. The summed E-state index contributed by atoms with van der Waals surface area (Å²) in [5, 5.41) is 10.7. The molecule has 0 radical (unpaired) electrons. The molecule has 1 saturated carbocycles. The van der Waals surface area contributed by atoms with Gasteiger partial charge >= 0.3 is 5.97 Å². The molecule has 0 spiro atoms. The van der Waals surface area contributed by atoms with Gasteiger partial charge in [-0.1, -0.05) is 27.7 Å². The highest BCUT2D eigenvalue weighted by Crippen LogP contribution is 2.50. The molecule has 0 heterocycles. The number of benzene rings is 1. The average molecular weight is 305 g/mol. The minimum atomic E-state index is -0.480. The second-order valence-electron chi connectivity index (χ2n) is 6.63. The van der Waals surface area contributed by atoms with Crippen LogP contribution in [-0.2, 0) is 4.74 Å². The monoisotopic (exact) mass is 305 g/mol. The smallest absolute Gasteiger partial charge is 0.338 e. The standard InChI is InChI=1S/C17H23NO4/c1-11(2)17(12(3)4,14-7-8-14)22-16(19)13-5-9-15(10-6-13)18(20)21/h5-6,9-12,14H,7-8H2,1-4H3. The summed E-state index contributed by atoms with van der Waals surface area (Å²) in [5.41, 5.74) is -0.131. The van der Waals surface area contributed by atoms with Gasteiger partial charge in [-0.25, -0.2) is 4.79 Å². The van der Waals surface area contributed by atoms with E-state index < -0.39 is 16.5 Å². The quantitative estimate of drug-likeness (QED) is 0.448. The fourth-order valence-electron chi connectivity index (χ4n) is 3.40. The first-order chi connectivity index (χ1) is 10.3. The van der Waals surface area contributed by atoms with Crippen LogP contribution in [0.4, 0.5) is 5.69 Å². The Hall–Kier alpha value is -1.91. The minimum Gasteiger partial charge on any atom is -0.455 e. The van der Waals surface area contributed by atoms with Crippen molar-refractivity contribution in [2.75, 3.05) is 0 Å². The van der Waals surface area contributed by atoms with E-state index in [1.165, 1.54) is 24.3 Å². The predicted molar refractivity (Wildman–Crippen MR) is 83.6 cm³/mol. The molecular formula is C17H23NO4. The van der Waals surface area contributed by atoms with Crippen molar-refractivity contribution in [1.29, 1.82) is 0 Å². The first kappa shape index (κ1) is 16.5. The molecule has 0 atom stereocenters. The Morgan fingerprint density at radius 2 is 1.68 bits per heavy atom. The van der Waals surface area contributed by atoms with Gasteiger partial charge in [-0.2, -0.15) is 0 Å². The molecule has 22 heavy (non-hydrogen) atoms. The Bertz CT molecular complexity index is 545. The summed E-state index contributed by atoms with van der Waals surface area (Å²) in [7, 11) is 0. The van der Waals surface area contributed by atoms with Gasteiger partial charge in [-0.05, 0) is 42.7 Å². The number of non-ortho nitro benzene ring substituents is 1. The van der Waals surface area contributed by atoms with E-state index in [2.05, 4.69) is 27.7 Å². The Morgan fingerprint density at radius 1 is 1.18 bits per heavy atom. The summed E-state index contributed by atoms with van der Waals surface area (Å²) >= 11 is 0. The second kappa shape index (κ2) is 6.07. The summed E-state index contributed by atoms with van der Waals surface area (Å²) in [6, 6.07) is 5.58. The van der Waals surface area contributed by atoms with Crippen LogP contribution < -0.4 is 0 Å². The molecule has 1 aromatic rings. The second-order valence-corrected chi connectivity index (χ2v) is 6.63. The zero-order chi connectivity index (χ0) is 16.5. The first-order valence-corrected chi connectivity index (χ1v) is 7.76. The number of carbonyl (C=O) groups is 1. The van der Waals surface area contributed by atoms with Crippen molar-refractivity contribution in [3.05, 3.63) is 39.9 Å². The van der Waals surface area contributed by atoms with E-state index in [-0.39, 0.29) is 17.5 Å². The molecule has 1 aliphatic carbocycles.